The van der Waals surface area contributed by atoms with Crippen LogP contribution in [0.4, 0.5) is 0 Å². The molecule has 2 N–H and O–H groups in total. The third-order valence-electron chi connectivity index (χ3n) is 1.27. The number of rotatable bonds is 0. The lowest BCUT2D eigenvalue weighted by molar-refractivity contribution is 0.539. The Labute approximate surface area is 111 Å². The largest absolute Gasteiger partial charge is 0.760 e. The first kappa shape index (κ1) is 24.4. The average molecular weight is 297 g/mol. The zero-order valence-electron chi connectivity index (χ0n) is 8.21. The minimum atomic E-state index is -2.36. The van der Waals surface area contributed by atoms with Crippen LogP contribution in [-0.2, 0) is 11.3 Å². The summed E-state index contributed by atoms with van der Waals surface area (Å²) in [7, 11) is 0. The highest BCUT2D eigenvalue weighted by atomic mass is 35.5. The standard InChI is InChI=1S/C7H9N.3ClH.H3NO2S/c1-6-4-3-5-8-7(6)2;;;;1-4(2)3/h3-5H,1-2H3;3*1H;1H2,(H,2,3)/p-1. The molecule has 0 aliphatic heterocycles. The van der Waals surface area contributed by atoms with Gasteiger partial charge in [-0.15, -0.1) is 37.2 Å². The van der Waals surface area contributed by atoms with Gasteiger partial charge in [-0.2, -0.15) is 0 Å². The lowest BCUT2D eigenvalue weighted by atomic mass is 10.2. The zero-order valence-corrected chi connectivity index (χ0v) is 11.5. The van der Waals surface area contributed by atoms with Crippen molar-refractivity contribution in [3.63, 3.8) is 0 Å². The van der Waals surface area contributed by atoms with E-state index < -0.39 is 11.3 Å². The first-order valence-electron chi connectivity index (χ1n) is 3.26. The van der Waals surface area contributed by atoms with Gasteiger partial charge in [-0.1, -0.05) is 6.07 Å². The number of pyridine rings is 1. The van der Waals surface area contributed by atoms with Gasteiger partial charge in [0.1, 0.15) is 0 Å². The van der Waals surface area contributed by atoms with Crippen molar-refractivity contribution >= 4 is 48.5 Å². The van der Waals surface area contributed by atoms with Crippen LogP contribution in [0.3, 0.4) is 0 Å². The lowest BCUT2D eigenvalue weighted by Gasteiger charge is -1.92. The maximum atomic E-state index is 8.78. The molecule has 1 atom stereocenters. The molecule has 15 heavy (non-hydrogen) atoms. The van der Waals surface area contributed by atoms with Gasteiger partial charge in [-0.25, -0.2) is 0 Å². The molecule has 92 valence electrons. The Balaban J connectivity index is -0.0000000779. The highest BCUT2D eigenvalue weighted by molar-refractivity contribution is 7.76. The number of aromatic nitrogens is 1. The SMILES string of the molecule is Cc1cccnc1C.Cl.Cl.Cl.NS(=O)[O-]. The van der Waals surface area contributed by atoms with E-state index >= 15 is 0 Å². The second-order valence-corrected chi connectivity index (χ2v) is 2.69. The quantitative estimate of drug-likeness (QED) is 0.740. The molecule has 0 aliphatic rings. The molecule has 0 saturated carbocycles. The van der Waals surface area contributed by atoms with E-state index in [1.807, 2.05) is 19.2 Å². The molecule has 8 heteroatoms. The summed E-state index contributed by atoms with van der Waals surface area (Å²) in [6.07, 6.45) is 1.81. The van der Waals surface area contributed by atoms with Crippen molar-refractivity contribution in [2.24, 2.45) is 5.14 Å². The summed E-state index contributed by atoms with van der Waals surface area (Å²) in [5, 5.41) is 4.03. The molecule has 1 rings (SSSR count). The van der Waals surface area contributed by atoms with Crippen molar-refractivity contribution < 1.29 is 8.76 Å². The fourth-order valence-electron chi connectivity index (χ4n) is 0.565. The summed E-state index contributed by atoms with van der Waals surface area (Å²) in [4.78, 5) is 4.08. The number of hydrogen-bond acceptors (Lipinski definition) is 3. The van der Waals surface area contributed by atoms with Crippen molar-refractivity contribution in [2.75, 3.05) is 0 Å². The number of hydrogen-bond donors (Lipinski definition) is 1. The minimum Gasteiger partial charge on any atom is -0.760 e. The fraction of sp³-hybridized carbons (Fsp3) is 0.286. The Kier molecular flexibility index (Phi) is 22.9. The first-order chi connectivity index (χ1) is 5.54. The Morgan fingerprint density at radius 1 is 1.33 bits per heavy atom. The summed E-state index contributed by atoms with van der Waals surface area (Å²) < 4.78 is 17.6. The molecule has 0 radical (unpaired) electrons. The van der Waals surface area contributed by atoms with Crippen LogP contribution in [0, 0.1) is 13.8 Å². The molecule has 1 aromatic rings. The Morgan fingerprint density at radius 3 is 1.93 bits per heavy atom. The predicted molar refractivity (Wildman–Crippen MR) is 68.6 cm³/mol. The average Bonchev–Trinajstić information content (AvgIpc) is 1.94. The van der Waals surface area contributed by atoms with Crippen LogP contribution in [-0.4, -0.2) is 13.7 Å². The van der Waals surface area contributed by atoms with Crippen molar-refractivity contribution in [1.29, 1.82) is 0 Å². The fourth-order valence-corrected chi connectivity index (χ4v) is 0.565. The van der Waals surface area contributed by atoms with Gasteiger partial charge in [0.15, 0.2) is 0 Å². The number of aryl methyl sites for hydroxylation is 2. The Bertz CT molecular complexity index is 251. The molecular formula is C7H14Cl3N2O2S-. The maximum Gasteiger partial charge on any atom is 0.0401 e. The summed E-state index contributed by atoms with van der Waals surface area (Å²) >= 11 is -2.36. The molecule has 1 unspecified atom stereocenters. The second-order valence-electron chi connectivity index (χ2n) is 2.17. The van der Waals surface area contributed by atoms with Crippen LogP contribution in [0.15, 0.2) is 18.3 Å². The molecule has 0 saturated heterocycles. The number of halogens is 3. The molecule has 0 amide bonds. The second kappa shape index (κ2) is 14.1. The van der Waals surface area contributed by atoms with Gasteiger partial charge in [0.05, 0.1) is 0 Å². The van der Waals surface area contributed by atoms with Crippen LogP contribution in [0.2, 0.25) is 0 Å². The molecule has 1 heterocycles. The van der Waals surface area contributed by atoms with E-state index in [1.165, 1.54) is 5.56 Å². The highest BCUT2D eigenvalue weighted by Gasteiger charge is 1.85. The van der Waals surface area contributed by atoms with Gasteiger partial charge in [0.2, 0.25) is 0 Å². The van der Waals surface area contributed by atoms with Gasteiger partial charge in [-0.05, 0) is 25.5 Å². The maximum absolute atomic E-state index is 8.78. The number of nitrogens with zero attached hydrogens (tertiary/aromatic N) is 1. The lowest BCUT2D eigenvalue weighted by Crippen LogP contribution is -1.97. The highest BCUT2D eigenvalue weighted by Crippen LogP contribution is 1.98. The van der Waals surface area contributed by atoms with E-state index in [4.69, 9.17) is 8.76 Å². The van der Waals surface area contributed by atoms with Crippen molar-refractivity contribution in [1.82, 2.24) is 4.98 Å². The van der Waals surface area contributed by atoms with Crippen molar-refractivity contribution in [2.45, 2.75) is 13.8 Å². The Morgan fingerprint density at radius 2 is 1.73 bits per heavy atom. The number of nitrogens with two attached hydrogens (primary N) is 1. The molecule has 0 aliphatic carbocycles. The molecule has 4 nitrogen and oxygen atoms in total. The predicted octanol–water partition coefficient (Wildman–Crippen LogP) is 1.70. The topological polar surface area (TPSA) is 79.0 Å². The summed E-state index contributed by atoms with van der Waals surface area (Å²) in [6, 6.07) is 4.00. The van der Waals surface area contributed by atoms with Gasteiger partial charge in [-0.3, -0.25) is 14.3 Å². The van der Waals surface area contributed by atoms with E-state index in [0.29, 0.717) is 0 Å². The van der Waals surface area contributed by atoms with E-state index in [0.717, 1.165) is 5.69 Å². The van der Waals surface area contributed by atoms with Crippen LogP contribution < -0.4 is 5.14 Å². The van der Waals surface area contributed by atoms with Crippen LogP contribution in [0.1, 0.15) is 11.3 Å². The molecule has 0 bridgehead atoms. The Hall–Kier alpha value is 0.0900. The third-order valence-corrected chi connectivity index (χ3v) is 1.27. The minimum absolute atomic E-state index is 0. The van der Waals surface area contributed by atoms with Crippen LogP contribution >= 0.6 is 37.2 Å². The van der Waals surface area contributed by atoms with E-state index in [9.17, 15) is 0 Å². The van der Waals surface area contributed by atoms with E-state index in [1.54, 1.807) is 0 Å². The molecule has 0 spiro atoms. The molecule has 1 aromatic heterocycles. The summed E-state index contributed by atoms with van der Waals surface area (Å²) in [5.41, 5.74) is 2.38. The van der Waals surface area contributed by atoms with E-state index in [-0.39, 0.29) is 37.2 Å². The van der Waals surface area contributed by atoms with Gasteiger partial charge < -0.3 is 4.55 Å². The summed E-state index contributed by atoms with van der Waals surface area (Å²) in [6.45, 7) is 4.07. The van der Waals surface area contributed by atoms with Crippen LogP contribution in [0.5, 0.6) is 0 Å². The van der Waals surface area contributed by atoms with E-state index in [2.05, 4.69) is 23.1 Å². The van der Waals surface area contributed by atoms with Crippen molar-refractivity contribution in [3.05, 3.63) is 29.6 Å². The summed E-state index contributed by atoms with van der Waals surface area (Å²) in [5.74, 6) is 0. The van der Waals surface area contributed by atoms with Gasteiger partial charge in [0.25, 0.3) is 0 Å². The third kappa shape index (κ3) is 16.7. The van der Waals surface area contributed by atoms with Gasteiger partial charge >= 0.3 is 0 Å². The van der Waals surface area contributed by atoms with Crippen LogP contribution in [0.25, 0.3) is 0 Å². The molecule has 0 fully saturated rings. The molecule has 0 aromatic carbocycles. The first-order valence-corrected chi connectivity index (χ1v) is 4.39. The molecular weight excluding hydrogens is 283 g/mol. The normalized spacial score (nSPS) is 9.07. The zero-order chi connectivity index (χ0) is 9.56. The van der Waals surface area contributed by atoms with Gasteiger partial charge in [0, 0.05) is 23.2 Å². The monoisotopic (exact) mass is 295 g/mol. The smallest absolute Gasteiger partial charge is 0.0401 e. The van der Waals surface area contributed by atoms with Crippen molar-refractivity contribution in [3.8, 4) is 0 Å².